The number of alkyl halides is 1. The molecule has 102 valence electrons. The van der Waals surface area contributed by atoms with Gasteiger partial charge in [0.2, 0.25) is 0 Å². The molecule has 0 aromatic carbocycles. The van der Waals surface area contributed by atoms with Gasteiger partial charge in [-0.15, -0.1) is 22.9 Å². The zero-order valence-corrected chi connectivity index (χ0v) is 12.4. The minimum absolute atomic E-state index is 0.0877. The van der Waals surface area contributed by atoms with Gasteiger partial charge in [-0.2, -0.15) is 0 Å². The van der Waals surface area contributed by atoms with E-state index < -0.39 is 0 Å². The Morgan fingerprint density at radius 2 is 2.42 bits per heavy atom. The molecule has 1 atom stereocenters. The van der Waals surface area contributed by atoms with E-state index in [0.29, 0.717) is 12.5 Å². The number of fused-ring (bicyclic) bond motifs is 1. The van der Waals surface area contributed by atoms with E-state index in [1.54, 1.807) is 17.7 Å². The van der Waals surface area contributed by atoms with E-state index in [9.17, 15) is 0 Å². The fourth-order valence-electron chi connectivity index (χ4n) is 2.32. The van der Waals surface area contributed by atoms with E-state index in [-0.39, 0.29) is 6.10 Å². The molecule has 6 heteroatoms. The molecule has 1 fully saturated rings. The smallest absolute Gasteiger partial charge is 0.140 e. The van der Waals surface area contributed by atoms with Crippen LogP contribution in [0.15, 0.2) is 12.4 Å². The van der Waals surface area contributed by atoms with Crippen molar-refractivity contribution in [3.8, 4) is 0 Å². The Kier molecular flexibility index (Phi) is 3.86. The van der Waals surface area contributed by atoms with Crippen molar-refractivity contribution in [3.05, 3.63) is 17.3 Å². The minimum atomic E-state index is 0.0877. The fourth-order valence-corrected chi connectivity index (χ4v) is 3.44. The molecule has 0 aliphatic carbocycles. The molecule has 3 heterocycles. The van der Waals surface area contributed by atoms with Gasteiger partial charge in [-0.1, -0.05) is 6.92 Å². The lowest BCUT2D eigenvalue weighted by atomic mass is 10.2. The van der Waals surface area contributed by atoms with Crippen LogP contribution in [0.3, 0.4) is 0 Å². The van der Waals surface area contributed by atoms with Gasteiger partial charge in [0.1, 0.15) is 17.0 Å². The minimum Gasteiger partial charge on any atom is -0.373 e. The first-order valence-electron chi connectivity index (χ1n) is 6.47. The number of aromatic nitrogens is 2. The molecule has 1 saturated heterocycles. The second-order valence-corrected chi connectivity index (χ2v) is 6.00. The highest BCUT2D eigenvalue weighted by molar-refractivity contribution is 7.18. The molecule has 0 radical (unpaired) electrons. The third-order valence-electron chi connectivity index (χ3n) is 3.32. The van der Waals surface area contributed by atoms with Crippen LogP contribution in [0.25, 0.3) is 10.2 Å². The summed E-state index contributed by atoms with van der Waals surface area (Å²) in [6, 6.07) is 2.21. The lowest BCUT2D eigenvalue weighted by Gasteiger charge is -2.33. The lowest BCUT2D eigenvalue weighted by molar-refractivity contribution is 0.0553. The third kappa shape index (κ3) is 2.55. The van der Waals surface area contributed by atoms with Crippen LogP contribution in [0, 0.1) is 0 Å². The Bertz CT molecular complexity index is 574. The molecular formula is C13H16ClN3OS. The summed E-state index contributed by atoms with van der Waals surface area (Å²) in [7, 11) is 0. The average Bonchev–Trinajstić information content (AvgIpc) is 2.90. The van der Waals surface area contributed by atoms with Gasteiger partial charge < -0.3 is 9.64 Å². The molecule has 2 aromatic rings. The van der Waals surface area contributed by atoms with Crippen LogP contribution >= 0.6 is 22.9 Å². The fraction of sp³-hybridized carbons (Fsp3) is 0.538. The topological polar surface area (TPSA) is 38.2 Å². The van der Waals surface area contributed by atoms with Gasteiger partial charge in [0.15, 0.2) is 0 Å². The van der Waals surface area contributed by atoms with Crippen molar-refractivity contribution >= 4 is 39.0 Å². The summed E-state index contributed by atoms with van der Waals surface area (Å²) in [6.45, 7) is 4.52. The molecule has 0 N–H and O–H groups in total. The second-order valence-electron chi connectivity index (χ2n) is 4.58. The molecular weight excluding hydrogens is 282 g/mol. The van der Waals surface area contributed by atoms with Crippen LogP contribution in [-0.2, 0) is 11.2 Å². The summed E-state index contributed by atoms with van der Waals surface area (Å²) in [5.74, 6) is 1.54. The van der Waals surface area contributed by atoms with Gasteiger partial charge in [-0.3, -0.25) is 0 Å². The summed E-state index contributed by atoms with van der Waals surface area (Å²) < 4.78 is 5.60. The molecule has 19 heavy (non-hydrogen) atoms. The van der Waals surface area contributed by atoms with Crippen LogP contribution < -0.4 is 4.90 Å². The average molecular weight is 298 g/mol. The molecule has 1 aliphatic heterocycles. The van der Waals surface area contributed by atoms with Crippen molar-refractivity contribution < 1.29 is 4.74 Å². The summed E-state index contributed by atoms with van der Waals surface area (Å²) in [5.41, 5.74) is 0. The van der Waals surface area contributed by atoms with Crippen molar-refractivity contribution in [1.29, 1.82) is 0 Å². The van der Waals surface area contributed by atoms with Gasteiger partial charge in [-0.25, -0.2) is 9.97 Å². The number of anilines is 1. The number of rotatable bonds is 3. The normalized spacial score (nSPS) is 20.1. The Labute approximate surface area is 121 Å². The highest BCUT2D eigenvalue weighted by Gasteiger charge is 2.22. The molecule has 1 aliphatic rings. The van der Waals surface area contributed by atoms with Crippen molar-refractivity contribution in [2.45, 2.75) is 19.4 Å². The summed E-state index contributed by atoms with van der Waals surface area (Å²) >= 11 is 7.64. The Balaban J connectivity index is 1.97. The first-order chi connectivity index (χ1) is 9.31. The number of nitrogens with zero attached hydrogens (tertiary/aromatic N) is 3. The van der Waals surface area contributed by atoms with Crippen molar-refractivity contribution in [3.63, 3.8) is 0 Å². The van der Waals surface area contributed by atoms with Crippen LogP contribution in [0.2, 0.25) is 0 Å². The van der Waals surface area contributed by atoms with Crippen LogP contribution in [0.1, 0.15) is 11.8 Å². The number of thiophene rings is 1. The molecule has 0 bridgehead atoms. The Hall–Kier alpha value is -0.910. The van der Waals surface area contributed by atoms with Crippen LogP contribution in [0.4, 0.5) is 5.82 Å². The van der Waals surface area contributed by atoms with Crippen LogP contribution in [-0.4, -0.2) is 41.6 Å². The SMILES string of the molecule is CCc1cc2c(N3CCOC(CCl)C3)ncnc2s1. The van der Waals surface area contributed by atoms with E-state index in [2.05, 4.69) is 27.9 Å². The van der Waals surface area contributed by atoms with Gasteiger partial charge in [-0.05, 0) is 12.5 Å². The number of morpholine rings is 1. The number of halogens is 1. The molecule has 0 spiro atoms. The summed E-state index contributed by atoms with van der Waals surface area (Å²) in [5, 5.41) is 1.15. The molecule has 3 rings (SSSR count). The predicted octanol–water partition coefficient (Wildman–Crippen LogP) is 2.70. The number of hydrogen-bond donors (Lipinski definition) is 0. The molecule has 4 nitrogen and oxygen atoms in total. The van der Waals surface area contributed by atoms with E-state index in [4.69, 9.17) is 16.3 Å². The number of hydrogen-bond acceptors (Lipinski definition) is 5. The van der Waals surface area contributed by atoms with Crippen LogP contribution in [0.5, 0.6) is 0 Å². The van der Waals surface area contributed by atoms with Crippen molar-refractivity contribution in [2.24, 2.45) is 0 Å². The van der Waals surface area contributed by atoms with E-state index in [0.717, 1.165) is 35.5 Å². The number of aryl methyl sites for hydroxylation is 1. The maximum atomic E-state index is 5.90. The van der Waals surface area contributed by atoms with Crippen molar-refractivity contribution in [2.75, 3.05) is 30.5 Å². The monoisotopic (exact) mass is 297 g/mol. The van der Waals surface area contributed by atoms with Gasteiger partial charge in [0.25, 0.3) is 0 Å². The lowest BCUT2D eigenvalue weighted by Crippen LogP contribution is -2.43. The highest BCUT2D eigenvalue weighted by atomic mass is 35.5. The molecule has 0 amide bonds. The third-order valence-corrected chi connectivity index (χ3v) is 4.85. The maximum absolute atomic E-state index is 5.90. The Morgan fingerprint density at radius 1 is 1.53 bits per heavy atom. The van der Waals surface area contributed by atoms with E-state index >= 15 is 0 Å². The second kappa shape index (κ2) is 5.61. The molecule has 1 unspecified atom stereocenters. The number of ether oxygens (including phenoxy) is 1. The summed E-state index contributed by atoms with van der Waals surface area (Å²) in [6.07, 6.45) is 2.77. The highest BCUT2D eigenvalue weighted by Crippen LogP contribution is 2.31. The standard InChI is InChI=1S/C13H16ClN3OS/c1-2-10-5-11-12(15-8-16-13(11)19-10)17-3-4-18-9(6-14)7-17/h5,8-9H,2-4,6-7H2,1H3. The van der Waals surface area contributed by atoms with Gasteiger partial charge in [0.05, 0.1) is 24.0 Å². The van der Waals surface area contributed by atoms with Gasteiger partial charge in [0, 0.05) is 18.0 Å². The zero-order chi connectivity index (χ0) is 13.2. The van der Waals surface area contributed by atoms with Crippen molar-refractivity contribution in [1.82, 2.24) is 9.97 Å². The summed E-state index contributed by atoms with van der Waals surface area (Å²) in [4.78, 5) is 13.5. The maximum Gasteiger partial charge on any atom is 0.140 e. The quantitative estimate of drug-likeness (QED) is 0.817. The van der Waals surface area contributed by atoms with E-state index in [1.807, 2.05) is 0 Å². The Morgan fingerprint density at radius 3 is 3.21 bits per heavy atom. The van der Waals surface area contributed by atoms with E-state index in [1.165, 1.54) is 4.88 Å². The first kappa shape index (κ1) is 13.1. The zero-order valence-electron chi connectivity index (χ0n) is 10.8. The first-order valence-corrected chi connectivity index (χ1v) is 7.83. The molecule has 0 saturated carbocycles. The predicted molar refractivity (Wildman–Crippen MR) is 79.5 cm³/mol. The molecule has 2 aromatic heterocycles. The largest absolute Gasteiger partial charge is 0.373 e. The van der Waals surface area contributed by atoms with Gasteiger partial charge >= 0.3 is 0 Å².